The molecule has 1 amide bonds. The molecule has 150 valence electrons. The molecule has 1 unspecified atom stereocenters. The molecule has 2 heterocycles. The molecule has 1 fully saturated rings. The van der Waals surface area contributed by atoms with Crippen LogP contribution >= 0.6 is 0 Å². The zero-order valence-corrected chi connectivity index (χ0v) is 15.9. The van der Waals surface area contributed by atoms with Gasteiger partial charge in [0.05, 0.1) is 11.8 Å². The molecule has 1 atom stereocenters. The van der Waals surface area contributed by atoms with Gasteiger partial charge in [0.1, 0.15) is 22.7 Å². The lowest BCUT2D eigenvalue weighted by Crippen LogP contribution is -2.34. The number of aryl methyl sites for hydroxylation is 1. The van der Waals surface area contributed by atoms with Crippen LogP contribution < -0.4 is 10.9 Å². The monoisotopic (exact) mass is 396 g/mol. The third-order valence-corrected chi connectivity index (χ3v) is 4.89. The summed E-state index contributed by atoms with van der Waals surface area (Å²) in [5.74, 6) is -0.756. The van der Waals surface area contributed by atoms with Crippen LogP contribution in [0.2, 0.25) is 0 Å². The summed E-state index contributed by atoms with van der Waals surface area (Å²) in [5.41, 5.74) is 1.74. The molecule has 1 aromatic heterocycles. The Balaban J connectivity index is 1.79. The summed E-state index contributed by atoms with van der Waals surface area (Å²) in [5, 5.41) is 13.2. The Labute approximate surface area is 166 Å². The minimum atomic E-state index is -0.433. The van der Waals surface area contributed by atoms with E-state index in [1.54, 1.807) is 25.1 Å². The normalized spacial score (nSPS) is 17.0. The Hall–Kier alpha value is -3.19. The molecule has 1 aliphatic heterocycles. The van der Waals surface area contributed by atoms with Gasteiger partial charge < -0.3 is 19.6 Å². The zero-order chi connectivity index (χ0) is 20.4. The van der Waals surface area contributed by atoms with Crippen LogP contribution in [0.25, 0.3) is 11.0 Å². The number of carbonyl (C=O) groups excluding carboxylic acids is 1. The van der Waals surface area contributed by atoms with Crippen molar-refractivity contribution in [3.05, 3.63) is 65.0 Å². The smallest absolute Gasteiger partial charge is 0.256 e. The van der Waals surface area contributed by atoms with Gasteiger partial charge in [-0.05, 0) is 55.7 Å². The summed E-state index contributed by atoms with van der Waals surface area (Å²) < 4.78 is 25.1. The molecule has 0 radical (unpaired) electrons. The van der Waals surface area contributed by atoms with Crippen molar-refractivity contribution in [3.63, 3.8) is 0 Å². The van der Waals surface area contributed by atoms with Crippen molar-refractivity contribution >= 4 is 22.6 Å². The van der Waals surface area contributed by atoms with Gasteiger partial charge in [-0.15, -0.1) is 0 Å². The van der Waals surface area contributed by atoms with Gasteiger partial charge in [-0.1, -0.05) is 6.07 Å². The Bertz CT molecular complexity index is 1130. The van der Waals surface area contributed by atoms with Crippen molar-refractivity contribution in [2.75, 3.05) is 13.2 Å². The number of fused-ring (bicyclic) bond motifs is 1. The van der Waals surface area contributed by atoms with Gasteiger partial charge in [-0.2, -0.15) is 0 Å². The van der Waals surface area contributed by atoms with Crippen LogP contribution in [0.15, 0.2) is 51.9 Å². The van der Waals surface area contributed by atoms with Crippen LogP contribution in [-0.2, 0) is 4.74 Å². The van der Waals surface area contributed by atoms with E-state index in [1.807, 2.05) is 0 Å². The number of hydrogen-bond donors (Lipinski definition) is 2. The van der Waals surface area contributed by atoms with E-state index in [-0.39, 0.29) is 28.9 Å². The minimum Gasteiger partial charge on any atom is -0.508 e. The SMILES string of the molecule is Cc1ccc(F)cc1N=c1oc2cc(O)ccc2cc1C(=O)NCC1CCCO1. The minimum absolute atomic E-state index is 0.000792. The zero-order valence-electron chi connectivity index (χ0n) is 15.9. The van der Waals surface area contributed by atoms with Gasteiger partial charge in [-0.25, -0.2) is 9.38 Å². The van der Waals surface area contributed by atoms with E-state index in [9.17, 15) is 14.3 Å². The Morgan fingerprint density at radius 3 is 2.93 bits per heavy atom. The number of hydrogen-bond acceptors (Lipinski definition) is 5. The maximum atomic E-state index is 13.7. The van der Waals surface area contributed by atoms with Crippen molar-refractivity contribution < 1.29 is 23.4 Å². The lowest BCUT2D eigenvalue weighted by molar-refractivity contribution is 0.0854. The molecule has 1 saturated heterocycles. The number of phenols is 1. The first-order valence-corrected chi connectivity index (χ1v) is 9.47. The Morgan fingerprint density at radius 1 is 1.28 bits per heavy atom. The third kappa shape index (κ3) is 4.30. The second kappa shape index (κ2) is 8.05. The number of nitrogens with zero attached hydrogens (tertiary/aromatic N) is 1. The molecule has 1 aliphatic rings. The highest BCUT2D eigenvalue weighted by Crippen LogP contribution is 2.22. The standard InChI is InChI=1S/C22H21FN2O4/c1-13-4-6-15(23)10-19(13)25-22-18(21(27)24-12-17-3-2-8-28-17)9-14-5-7-16(26)11-20(14)29-22/h4-7,9-11,17,26H,2-3,8,12H2,1H3,(H,24,27). The molecule has 4 rings (SSSR count). The van der Waals surface area contributed by atoms with E-state index in [0.29, 0.717) is 29.8 Å². The maximum Gasteiger partial charge on any atom is 0.256 e. The van der Waals surface area contributed by atoms with Gasteiger partial charge >= 0.3 is 0 Å². The molecule has 7 heteroatoms. The van der Waals surface area contributed by atoms with E-state index in [4.69, 9.17) is 9.15 Å². The first kappa shape index (κ1) is 19.1. The number of phenolic OH excluding ortho intramolecular Hbond substituents is 1. The van der Waals surface area contributed by atoms with Crippen LogP contribution in [0.5, 0.6) is 5.75 Å². The summed E-state index contributed by atoms with van der Waals surface area (Å²) >= 11 is 0. The number of carbonyl (C=O) groups is 1. The third-order valence-electron chi connectivity index (χ3n) is 4.89. The van der Waals surface area contributed by atoms with Crippen molar-refractivity contribution in [3.8, 4) is 5.75 Å². The highest BCUT2D eigenvalue weighted by Gasteiger charge is 2.19. The number of aromatic hydroxyl groups is 1. The Kier molecular flexibility index (Phi) is 5.31. The average Bonchev–Trinajstić information content (AvgIpc) is 3.22. The molecule has 0 saturated carbocycles. The van der Waals surface area contributed by atoms with Crippen molar-refractivity contribution in [2.24, 2.45) is 4.99 Å². The number of rotatable bonds is 4. The summed E-state index contributed by atoms with van der Waals surface area (Å²) in [6, 6.07) is 10.5. The van der Waals surface area contributed by atoms with E-state index in [2.05, 4.69) is 10.3 Å². The van der Waals surface area contributed by atoms with Crippen LogP contribution in [0, 0.1) is 12.7 Å². The van der Waals surface area contributed by atoms with E-state index in [0.717, 1.165) is 18.4 Å². The fraction of sp³-hybridized carbons (Fsp3) is 0.273. The predicted molar refractivity (Wildman–Crippen MR) is 106 cm³/mol. The van der Waals surface area contributed by atoms with Crippen LogP contribution in [0.1, 0.15) is 28.8 Å². The molecular weight excluding hydrogens is 375 g/mol. The fourth-order valence-corrected chi connectivity index (χ4v) is 3.27. The van der Waals surface area contributed by atoms with E-state index in [1.165, 1.54) is 24.3 Å². The van der Waals surface area contributed by atoms with Crippen molar-refractivity contribution in [1.29, 1.82) is 0 Å². The first-order chi connectivity index (χ1) is 14.0. The van der Waals surface area contributed by atoms with Crippen molar-refractivity contribution in [2.45, 2.75) is 25.9 Å². The molecule has 2 N–H and O–H groups in total. The number of ether oxygens (including phenoxy) is 1. The molecule has 3 aromatic rings. The molecule has 6 nitrogen and oxygen atoms in total. The van der Waals surface area contributed by atoms with E-state index >= 15 is 0 Å². The molecule has 0 aliphatic carbocycles. The van der Waals surface area contributed by atoms with Crippen LogP contribution in [-0.4, -0.2) is 30.3 Å². The summed E-state index contributed by atoms with van der Waals surface area (Å²) in [6.45, 7) is 2.89. The first-order valence-electron chi connectivity index (χ1n) is 9.47. The lowest BCUT2D eigenvalue weighted by Gasteiger charge is -2.11. The fourth-order valence-electron chi connectivity index (χ4n) is 3.27. The second-order valence-corrected chi connectivity index (χ2v) is 7.08. The highest BCUT2D eigenvalue weighted by molar-refractivity contribution is 5.96. The van der Waals surface area contributed by atoms with Gasteiger partial charge in [0, 0.05) is 24.6 Å². The summed E-state index contributed by atoms with van der Waals surface area (Å²) in [4.78, 5) is 17.3. The quantitative estimate of drug-likeness (QED) is 0.704. The predicted octanol–water partition coefficient (Wildman–Crippen LogP) is 3.73. The molecule has 29 heavy (non-hydrogen) atoms. The lowest BCUT2D eigenvalue weighted by atomic mass is 10.1. The number of nitrogens with one attached hydrogen (secondary N) is 1. The van der Waals surface area contributed by atoms with Crippen LogP contribution in [0.3, 0.4) is 0 Å². The number of benzene rings is 2. The second-order valence-electron chi connectivity index (χ2n) is 7.08. The number of amides is 1. The van der Waals surface area contributed by atoms with Gasteiger partial charge in [-0.3, -0.25) is 4.79 Å². The highest BCUT2D eigenvalue weighted by atomic mass is 19.1. The summed E-state index contributed by atoms with van der Waals surface area (Å²) in [7, 11) is 0. The van der Waals surface area contributed by atoms with Gasteiger partial charge in [0.25, 0.3) is 5.91 Å². The number of halogens is 1. The summed E-state index contributed by atoms with van der Waals surface area (Å²) in [6.07, 6.45) is 1.88. The Morgan fingerprint density at radius 2 is 2.14 bits per heavy atom. The van der Waals surface area contributed by atoms with Crippen LogP contribution in [0.4, 0.5) is 10.1 Å². The maximum absolute atomic E-state index is 13.7. The topological polar surface area (TPSA) is 84.1 Å². The van der Waals surface area contributed by atoms with Gasteiger partial charge in [0.15, 0.2) is 0 Å². The molecule has 2 aromatic carbocycles. The van der Waals surface area contributed by atoms with Gasteiger partial charge in [0.2, 0.25) is 5.55 Å². The molecule has 0 spiro atoms. The molecular formula is C22H21FN2O4. The van der Waals surface area contributed by atoms with Crippen molar-refractivity contribution in [1.82, 2.24) is 5.32 Å². The average molecular weight is 396 g/mol. The molecule has 0 bridgehead atoms. The largest absolute Gasteiger partial charge is 0.508 e. The van der Waals surface area contributed by atoms with E-state index < -0.39 is 5.82 Å².